The predicted molar refractivity (Wildman–Crippen MR) is 129 cm³/mol. The Hall–Kier alpha value is -2.20. The highest BCUT2D eigenvalue weighted by Gasteiger charge is 2.35. The Morgan fingerprint density at radius 3 is 2.70 bits per heavy atom. The Morgan fingerprint density at radius 1 is 1.27 bits per heavy atom. The van der Waals surface area contributed by atoms with Crippen molar-refractivity contribution >= 4 is 27.5 Å². The number of imidazole rings is 1. The summed E-state index contributed by atoms with van der Waals surface area (Å²) in [6.45, 7) is 8.47. The molecule has 2 aromatic rings. The summed E-state index contributed by atoms with van der Waals surface area (Å²) in [6.07, 6.45) is 2.33. The largest absolute Gasteiger partial charge is 0.486 e. The number of fused-ring (bicyclic) bond motifs is 1. The normalized spacial score (nSPS) is 19.1. The van der Waals surface area contributed by atoms with Gasteiger partial charge in [-0.1, -0.05) is 25.6 Å². The number of nitrogens with zero attached hydrogens (tertiary/aromatic N) is 3. The van der Waals surface area contributed by atoms with Gasteiger partial charge in [0.05, 0.1) is 29.1 Å². The zero-order valence-corrected chi connectivity index (χ0v) is 21.0. The van der Waals surface area contributed by atoms with Crippen LogP contribution in [-0.4, -0.2) is 71.8 Å². The second kappa shape index (κ2) is 9.97. The molecule has 1 atom stereocenters. The van der Waals surface area contributed by atoms with E-state index in [1.807, 2.05) is 45.2 Å². The Bertz CT molecular complexity index is 1110. The van der Waals surface area contributed by atoms with E-state index in [1.165, 1.54) is 11.8 Å². The minimum atomic E-state index is -3.06. The van der Waals surface area contributed by atoms with E-state index in [-0.39, 0.29) is 35.1 Å². The smallest absolute Gasteiger partial charge is 0.233 e. The molecular weight excluding hydrogens is 462 g/mol. The third kappa shape index (κ3) is 5.48. The van der Waals surface area contributed by atoms with Crippen LogP contribution in [0.5, 0.6) is 11.5 Å². The minimum Gasteiger partial charge on any atom is -0.486 e. The van der Waals surface area contributed by atoms with Crippen molar-refractivity contribution in [2.24, 2.45) is 5.92 Å². The number of sulfone groups is 1. The third-order valence-electron chi connectivity index (χ3n) is 5.83. The number of rotatable bonds is 8. The molecule has 2 aliphatic heterocycles. The van der Waals surface area contributed by atoms with Gasteiger partial charge in [-0.3, -0.25) is 4.79 Å². The molecule has 1 aromatic carbocycles. The Balaban J connectivity index is 1.49. The Morgan fingerprint density at radius 2 is 2.03 bits per heavy atom. The van der Waals surface area contributed by atoms with Crippen molar-refractivity contribution in [3.05, 3.63) is 24.4 Å². The molecule has 0 saturated carbocycles. The van der Waals surface area contributed by atoms with Crippen LogP contribution in [0.4, 0.5) is 0 Å². The van der Waals surface area contributed by atoms with Gasteiger partial charge in [0.15, 0.2) is 26.5 Å². The summed E-state index contributed by atoms with van der Waals surface area (Å²) < 4.78 is 37.3. The predicted octanol–water partition coefficient (Wildman–Crippen LogP) is 3.11. The average molecular weight is 494 g/mol. The highest BCUT2D eigenvalue weighted by Crippen LogP contribution is 2.35. The summed E-state index contributed by atoms with van der Waals surface area (Å²) in [4.78, 5) is 19.5. The van der Waals surface area contributed by atoms with Gasteiger partial charge >= 0.3 is 0 Å². The molecule has 8 nitrogen and oxygen atoms in total. The molecule has 4 rings (SSSR count). The summed E-state index contributed by atoms with van der Waals surface area (Å²) in [5.74, 6) is 2.14. The number of carbonyl (C=O) groups excluding carboxylic acids is 1. The molecule has 10 heteroatoms. The van der Waals surface area contributed by atoms with Crippen LogP contribution in [0.2, 0.25) is 0 Å². The van der Waals surface area contributed by atoms with Crippen molar-refractivity contribution in [2.45, 2.75) is 44.9 Å². The summed E-state index contributed by atoms with van der Waals surface area (Å²) in [5, 5.41) is 0.763. The van der Waals surface area contributed by atoms with Gasteiger partial charge < -0.3 is 18.9 Å². The molecular formula is C23H31N3O5S2. The first-order chi connectivity index (χ1) is 15.8. The molecule has 0 radical (unpaired) electrons. The van der Waals surface area contributed by atoms with Gasteiger partial charge in [-0.05, 0) is 37.5 Å². The van der Waals surface area contributed by atoms with Crippen molar-refractivity contribution in [2.75, 3.05) is 37.0 Å². The van der Waals surface area contributed by atoms with Gasteiger partial charge in [0.1, 0.15) is 13.2 Å². The lowest BCUT2D eigenvalue weighted by atomic mass is 10.1. The van der Waals surface area contributed by atoms with Gasteiger partial charge in [0.2, 0.25) is 5.91 Å². The van der Waals surface area contributed by atoms with Crippen LogP contribution >= 0.6 is 11.8 Å². The molecule has 33 heavy (non-hydrogen) atoms. The van der Waals surface area contributed by atoms with Crippen LogP contribution < -0.4 is 9.47 Å². The van der Waals surface area contributed by atoms with E-state index >= 15 is 0 Å². The van der Waals surface area contributed by atoms with E-state index in [9.17, 15) is 13.2 Å². The molecule has 180 valence electrons. The van der Waals surface area contributed by atoms with Gasteiger partial charge in [-0.2, -0.15) is 0 Å². The molecule has 3 heterocycles. The van der Waals surface area contributed by atoms with Crippen molar-refractivity contribution in [1.29, 1.82) is 0 Å². The third-order valence-corrected chi connectivity index (χ3v) is 8.55. The Kier molecular flexibility index (Phi) is 7.23. The van der Waals surface area contributed by atoms with Crippen molar-refractivity contribution in [3.63, 3.8) is 0 Å². The van der Waals surface area contributed by atoms with Crippen LogP contribution in [0, 0.1) is 5.92 Å². The van der Waals surface area contributed by atoms with E-state index in [1.54, 1.807) is 4.90 Å². The van der Waals surface area contributed by atoms with Crippen LogP contribution in [0.15, 0.2) is 29.6 Å². The molecule has 0 aliphatic carbocycles. The van der Waals surface area contributed by atoms with E-state index in [2.05, 4.69) is 9.55 Å². The summed E-state index contributed by atoms with van der Waals surface area (Å²) in [5.41, 5.74) is 1.93. The van der Waals surface area contributed by atoms with Gasteiger partial charge in [0.25, 0.3) is 0 Å². The van der Waals surface area contributed by atoms with Crippen LogP contribution in [0.25, 0.3) is 11.3 Å². The van der Waals surface area contributed by atoms with Crippen LogP contribution in [0.1, 0.15) is 27.2 Å². The number of hydrogen-bond acceptors (Lipinski definition) is 7. The van der Waals surface area contributed by atoms with Gasteiger partial charge in [-0.25, -0.2) is 13.4 Å². The van der Waals surface area contributed by atoms with Crippen molar-refractivity contribution in [1.82, 2.24) is 14.5 Å². The fraction of sp³-hybridized carbons (Fsp3) is 0.565. The van der Waals surface area contributed by atoms with E-state index < -0.39 is 9.84 Å². The highest BCUT2D eigenvalue weighted by atomic mass is 32.2. The molecule has 0 unspecified atom stereocenters. The summed E-state index contributed by atoms with van der Waals surface area (Å²) in [6, 6.07) is 5.63. The fourth-order valence-electron chi connectivity index (χ4n) is 4.29. The average Bonchev–Trinajstić information content (AvgIpc) is 3.37. The minimum absolute atomic E-state index is 0.0395. The maximum absolute atomic E-state index is 13.1. The number of aromatic nitrogens is 2. The van der Waals surface area contributed by atoms with Crippen molar-refractivity contribution in [3.8, 4) is 22.8 Å². The molecule has 1 aromatic heterocycles. The molecule has 1 amide bonds. The molecule has 2 aliphatic rings. The van der Waals surface area contributed by atoms with Gasteiger partial charge in [0, 0.05) is 24.7 Å². The molecule has 1 fully saturated rings. The zero-order valence-electron chi connectivity index (χ0n) is 19.3. The first kappa shape index (κ1) is 23.9. The lowest BCUT2D eigenvalue weighted by Gasteiger charge is -2.30. The zero-order chi connectivity index (χ0) is 23.6. The van der Waals surface area contributed by atoms with E-state index in [0.29, 0.717) is 32.7 Å². The lowest BCUT2D eigenvalue weighted by molar-refractivity contribution is -0.130. The molecule has 0 bridgehead atoms. The van der Waals surface area contributed by atoms with Crippen molar-refractivity contribution < 1.29 is 22.7 Å². The topological polar surface area (TPSA) is 90.7 Å². The number of thioether (sulfide) groups is 1. The number of benzene rings is 1. The first-order valence-electron chi connectivity index (χ1n) is 11.4. The second-order valence-electron chi connectivity index (χ2n) is 8.81. The van der Waals surface area contributed by atoms with Gasteiger partial charge in [-0.15, -0.1) is 0 Å². The fourth-order valence-corrected chi connectivity index (χ4v) is 6.95. The molecule has 1 saturated heterocycles. The van der Waals surface area contributed by atoms with Crippen LogP contribution in [0.3, 0.4) is 0 Å². The number of amides is 1. The van der Waals surface area contributed by atoms with E-state index in [0.717, 1.165) is 27.9 Å². The number of carbonyl (C=O) groups is 1. The quantitative estimate of drug-likeness (QED) is 0.522. The second-order valence-corrected chi connectivity index (χ2v) is 12.0. The number of hydrogen-bond donors (Lipinski definition) is 0. The monoisotopic (exact) mass is 493 g/mol. The summed E-state index contributed by atoms with van der Waals surface area (Å²) >= 11 is 1.39. The standard InChI is InChI=1S/C23H31N3O5S2/c1-4-25-19(17-5-6-20-21(11-17)31-9-8-30-20)12-24-23(25)32-14-22(27)26(13-16(2)3)18-7-10-33(28,29)15-18/h5-6,11-12,16,18H,4,7-10,13-15H2,1-3H3/t18-/m0/s1. The number of ether oxygens (including phenoxy) is 2. The highest BCUT2D eigenvalue weighted by molar-refractivity contribution is 7.99. The SMILES string of the molecule is CCn1c(-c2ccc3c(c2)OCCO3)cnc1SCC(=O)N(CC(C)C)[C@H]1CCS(=O)(=O)C1. The van der Waals surface area contributed by atoms with Crippen LogP contribution in [-0.2, 0) is 21.2 Å². The molecule has 0 spiro atoms. The maximum Gasteiger partial charge on any atom is 0.233 e. The lowest BCUT2D eigenvalue weighted by Crippen LogP contribution is -2.44. The summed E-state index contributed by atoms with van der Waals surface area (Å²) in [7, 11) is -3.06. The first-order valence-corrected chi connectivity index (χ1v) is 14.2. The van der Waals surface area contributed by atoms with E-state index in [4.69, 9.17) is 9.47 Å². The maximum atomic E-state index is 13.1. The molecule has 0 N–H and O–H groups in total. The Labute approximate surface area is 199 Å².